The fourth-order valence-electron chi connectivity index (χ4n) is 3.29. The van der Waals surface area contributed by atoms with Crippen molar-refractivity contribution in [2.24, 2.45) is 5.41 Å². The first kappa shape index (κ1) is 13.4. The Morgan fingerprint density at radius 2 is 2.05 bits per heavy atom. The number of hydrogen-bond donors (Lipinski definition) is 2. The lowest BCUT2D eigenvalue weighted by Gasteiger charge is -2.39. The van der Waals surface area contributed by atoms with Crippen LogP contribution in [0.2, 0.25) is 0 Å². The average Bonchev–Trinajstić information content (AvgIpc) is 2.46. The molecule has 2 aliphatic rings. The minimum absolute atomic E-state index is 0.223. The Kier molecular flexibility index (Phi) is 3.42. The molecule has 1 saturated heterocycles. The summed E-state index contributed by atoms with van der Waals surface area (Å²) in [5.74, 6) is 0.555. The summed E-state index contributed by atoms with van der Waals surface area (Å²) in [6.45, 7) is 5.36. The highest BCUT2D eigenvalue weighted by molar-refractivity contribution is 5.82. The molecule has 3 rings (SSSR count). The highest BCUT2D eigenvalue weighted by atomic mass is 16.3. The Morgan fingerprint density at radius 1 is 1.30 bits per heavy atom. The monoisotopic (exact) mass is 274 g/mol. The van der Waals surface area contributed by atoms with Crippen LogP contribution >= 0.6 is 0 Å². The maximum Gasteiger partial charge on any atom is 0.228 e. The minimum Gasteiger partial charge on any atom is -0.508 e. The van der Waals surface area contributed by atoms with Gasteiger partial charge < -0.3 is 15.3 Å². The van der Waals surface area contributed by atoms with Crippen molar-refractivity contribution >= 4 is 5.91 Å². The van der Waals surface area contributed by atoms with Crippen LogP contribution < -0.4 is 5.32 Å². The normalized spacial score (nSPS) is 21.4. The van der Waals surface area contributed by atoms with Crippen LogP contribution in [0.15, 0.2) is 18.2 Å². The van der Waals surface area contributed by atoms with E-state index >= 15 is 0 Å². The van der Waals surface area contributed by atoms with Gasteiger partial charge in [0.05, 0.1) is 0 Å². The molecule has 0 bridgehead atoms. The Morgan fingerprint density at radius 3 is 2.80 bits per heavy atom. The molecular formula is C16H22N2O2. The van der Waals surface area contributed by atoms with E-state index in [-0.39, 0.29) is 17.1 Å². The second-order valence-corrected chi connectivity index (χ2v) is 6.24. The summed E-state index contributed by atoms with van der Waals surface area (Å²) in [5.41, 5.74) is 2.11. The fourth-order valence-corrected chi connectivity index (χ4v) is 3.29. The number of nitrogens with zero attached hydrogens (tertiary/aromatic N) is 1. The molecule has 2 aliphatic heterocycles. The molecule has 1 aromatic rings. The Labute approximate surface area is 119 Å². The van der Waals surface area contributed by atoms with Crippen LogP contribution in [0, 0.1) is 5.41 Å². The summed E-state index contributed by atoms with van der Waals surface area (Å²) in [7, 11) is 0. The zero-order chi connectivity index (χ0) is 14.2. The largest absolute Gasteiger partial charge is 0.508 e. The van der Waals surface area contributed by atoms with Crippen LogP contribution in [0.4, 0.5) is 0 Å². The van der Waals surface area contributed by atoms with Crippen molar-refractivity contribution in [2.75, 3.05) is 19.6 Å². The predicted octanol–water partition coefficient (Wildman–Crippen LogP) is 1.67. The standard InChI is InChI=1S/C16H22N2O2/c1-16(5-7-17-8-6-16)15(20)18-9-4-12-2-3-14(19)10-13(12)11-18/h2-3,10,17,19H,4-9,11H2,1H3. The Bertz CT molecular complexity index is 521. The van der Waals surface area contributed by atoms with Gasteiger partial charge in [-0.1, -0.05) is 13.0 Å². The predicted molar refractivity (Wildman–Crippen MR) is 77.4 cm³/mol. The van der Waals surface area contributed by atoms with E-state index in [1.807, 2.05) is 11.0 Å². The van der Waals surface area contributed by atoms with Crippen molar-refractivity contribution in [2.45, 2.75) is 32.7 Å². The number of amides is 1. The van der Waals surface area contributed by atoms with Gasteiger partial charge in [0.1, 0.15) is 5.75 Å². The van der Waals surface area contributed by atoms with E-state index in [1.54, 1.807) is 12.1 Å². The molecule has 2 heterocycles. The molecule has 0 unspecified atom stereocenters. The van der Waals surface area contributed by atoms with Gasteiger partial charge in [-0.2, -0.15) is 0 Å². The van der Waals surface area contributed by atoms with Crippen LogP contribution in [-0.4, -0.2) is 35.5 Å². The van der Waals surface area contributed by atoms with Crippen molar-refractivity contribution in [1.29, 1.82) is 0 Å². The SMILES string of the molecule is CC1(C(=O)N2CCc3ccc(O)cc3C2)CCNCC1. The molecule has 0 aromatic heterocycles. The number of nitrogens with one attached hydrogen (secondary N) is 1. The Balaban J connectivity index is 1.77. The number of fused-ring (bicyclic) bond motifs is 1. The summed E-state index contributed by atoms with van der Waals surface area (Å²) in [6.07, 6.45) is 2.71. The molecule has 0 saturated carbocycles. The van der Waals surface area contributed by atoms with E-state index in [1.165, 1.54) is 5.56 Å². The topological polar surface area (TPSA) is 52.6 Å². The first-order valence-electron chi connectivity index (χ1n) is 7.39. The lowest BCUT2D eigenvalue weighted by atomic mass is 9.79. The van der Waals surface area contributed by atoms with Crippen molar-refractivity contribution < 1.29 is 9.90 Å². The molecule has 4 heteroatoms. The smallest absolute Gasteiger partial charge is 0.228 e. The van der Waals surface area contributed by atoms with Crippen LogP contribution in [0.1, 0.15) is 30.9 Å². The molecule has 4 nitrogen and oxygen atoms in total. The third kappa shape index (κ3) is 2.40. The quantitative estimate of drug-likeness (QED) is 0.819. The third-order valence-electron chi connectivity index (χ3n) is 4.71. The van der Waals surface area contributed by atoms with E-state index in [4.69, 9.17) is 0 Å². The molecule has 1 fully saturated rings. The van der Waals surface area contributed by atoms with Gasteiger partial charge in [0.25, 0.3) is 0 Å². The summed E-state index contributed by atoms with van der Waals surface area (Å²) in [5, 5.41) is 12.9. The lowest BCUT2D eigenvalue weighted by molar-refractivity contribution is -0.143. The van der Waals surface area contributed by atoms with E-state index < -0.39 is 0 Å². The summed E-state index contributed by atoms with van der Waals surface area (Å²) in [6, 6.07) is 5.49. The molecule has 108 valence electrons. The summed E-state index contributed by atoms with van der Waals surface area (Å²) < 4.78 is 0. The van der Waals surface area contributed by atoms with Crippen LogP contribution in [0.5, 0.6) is 5.75 Å². The summed E-state index contributed by atoms with van der Waals surface area (Å²) in [4.78, 5) is 14.8. The zero-order valence-corrected chi connectivity index (χ0v) is 12.0. The van der Waals surface area contributed by atoms with Gasteiger partial charge in [0.15, 0.2) is 0 Å². The first-order valence-corrected chi connectivity index (χ1v) is 7.39. The lowest BCUT2D eigenvalue weighted by Crippen LogP contribution is -2.49. The number of phenolic OH excluding ortho intramolecular Hbond substituents is 1. The molecule has 0 atom stereocenters. The van der Waals surface area contributed by atoms with Gasteiger partial charge in [0, 0.05) is 18.5 Å². The van der Waals surface area contributed by atoms with Crippen molar-refractivity contribution in [3.63, 3.8) is 0 Å². The van der Waals surface area contributed by atoms with Crippen molar-refractivity contribution in [3.8, 4) is 5.75 Å². The number of carbonyl (C=O) groups excluding carboxylic acids is 1. The minimum atomic E-state index is -0.223. The number of phenols is 1. The molecule has 1 aromatic carbocycles. The van der Waals surface area contributed by atoms with Crippen molar-refractivity contribution in [1.82, 2.24) is 10.2 Å². The first-order chi connectivity index (χ1) is 9.58. The van der Waals surface area contributed by atoms with Crippen molar-refractivity contribution in [3.05, 3.63) is 29.3 Å². The van der Waals surface area contributed by atoms with Crippen LogP contribution in [0.25, 0.3) is 0 Å². The van der Waals surface area contributed by atoms with Gasteiger partial charge in [-0.05, 0) is 55.6 Å². The molecule has 20 heavy (non-hydrogen) atoms. The molecule has 0 radical (unpaired) electrons. The van der Waals surface area contributed by atoms with Gasteiger partial charge in [-0.25, -0.2) is 0 Å². The van der Waals surface area contributed by atoms with Gasteiger partial charge in [-0.15, -0.1) is 0 Å². The molecule has 0 aliphatic carbocycles. The molecular weight excluding hydrogens is 252 g/mol. The Hall–Kier alpha value is -1.55. The average molecular weight is 274 g/mol. The van der Waals surface area contributed by atoms with Crippen LogP contribution in [-0.2, 0) is 17.8 Å². The van der Waals surface area contributed by atoms with Crippen LogP contribution in [0.3, 0.4) is 0 Å². The van der Waals surface area contributed by atoms with Gasteiger partial charge in [-0.3, -0.25) is 4.79 Å². The molecule has 1 amide bonds. The van der Waals surface area contributed by atoms with Gasteiger partial charge in [0.2, 0.25) is 5.91 Å². The number of rotatable bonds is 1. The van der Waals surface area contributed by atoms with E-state index in [0.717, 1.165) is 44.5 Å². The van der Waals surface area contributed by atoms with Gasteiger partial charge >= 0.3 is 0 Å². The second-order valence-electron chi connectivity index (χ2n) is 6.24. The number of benzene rings is 1. The fraction of sp³-hybridized carbons (Fsp3) is 0.562. The second kappa shape index (κ2) is 5.09. The maximum absolute atomic E-state index is 12.8. The number of piperidine rings is 1. The van der Waals surface area contributed by atoms with E-state index in [9.17, 15) is 9.90 Å². The number of hydrogen-bond acceptors (Lipinski definition) is 3. The zero-order valence-electron chi connectivity index (χ0n) is 12.0. The molecule has 0 spiro atoms. The highest BCUT2D eigenvalue weighted by Crippen LogP contribution is 2.33. The molecule has 2 N–H and O–H groups in total. The summed E-state index contributed by atoms with van der Waals surface area (Å²) >= 11 is 0. The van der Waals surface area contributed by atoms with E-state index in [0.29, 0.717) is 6.54 Å². The maximum atomic E-state index is 12.8. The third-order valence-corrected chi connectivity index (χ3v) is 4.71. The number of aromatic hydroxyl groups is 1. The van der Waals surface area contributed by atoms with E-state index in [2.05, 4.69) is 12.2 Å². The highest BCUT2D eigenvalue weighted by Gasteiger charge is 2.38. The number of carbonyl (C=O) groups is 1.